The van der Waals surface area contributed by atoms with Crippen molar-refractivity contribution in [1.82, 2.24) is 10.6 Å². The molecule has 18 heavy (non-hydrogen) atoms. The summed E-state index contributed by atoms with van der Waals surface area (Å²) in [6.45, 7) is 7.43. The molecule has 0 saturated carbocycles. The average Bonchev–Trinajstić information content (AvgIpc) is 2.41. The number of carbonyl (C=O) groups is 1. The molecule has 1 heterocycles. The summed E-state index contributed by atoms with van der Waals surface area (Å²) in [5, 5.41) is 6.03. The van der Waals surface area contributed by atoms with Gasteiger partial charge in [0, 0.05) is 6.54 Å². The van der Waals surface area contributed by atoms with Gasteiger partial charge in [-0.2, -0.15) is 0 Å². The number of carbonyl (C=O) groups excluding carboxylic acids is 1. The molecule has 1 amide bonds. The summed E-state index contributed by atoms with van der Waals surface area (Å²) in [6.07, 6.45) is 4.84. The highest BCUT2D eigenvalue weighted by Crippen LogP contribution is 2.06. The van der Waals surface area contributed by atoms with Crippen molar-refractivity contribution in [3.63, 3.8) is 0 Å². The first-order valence-corrected chi connectivity index (χ1v) is 6.60. The van der Waals surface area contributed by atoms with E-state index in [2.05, 4.69) is 17.2 Å². The van der Waals surface area contributed by atoms with Crippen LogP contribution >= 0.6 is 0 Å². The third-order valence-electron chi connectivity index (χ3n) is 2.77. The molecular weight excluding hydrogens is 232 g/mol. The Labute approximate surface area is 109 Å². The third-order valence-corrected chi connectivity index (χ3v) is 2.77. The number of rotatable bonds is 9. The molecule has 2 N–H and O–H groups in total. The Morgan fingerprint density at radius 2 is 2.17 bits per heavy atom. The molecule has 0 aromatic rings. The molecule has 0 unspecified atom stereocenters. The molecule has 104 valence electrons. The molecule has 1 saturated heterocycles. The van der Waals surface area contributed by atoms with E-state index in [0.717, 1.165) is 32.4 Å². The highest BCUT2D eigenvalue weighted by atomic mass is 16.5. The highest BCUT2D eigenvalue weighted by Gasteiger charge is 2.14. The average molecular weight is 256 g/mol. The van der Waals surface area contributed by atoms with Gasteiger partial charge in [0.2, 0.25) is 5.91 Å². The number of nitrogens with one attached hydrogen (secondary N) is 2. The van der Waals surface area contributed by atoms with Crippen LogP contribution in [0.25, 0.3) is 0 Å². The molecule has 0 spiro atoms. The van der Waals surface area contributed by atoms with Crippen molar-refractivity contribution >= 4 is 5.91 Å². The summed E-state index contributed by atoms with van der Waals surface area (Å²) >= 11 is 0. The van der Waals surface area contributed by atoms with E-state index < -0.39 is 0 Å². The maximum absolute atomic E-state index is 11.5. The molecule has 1 fully saturated rings. The first kappa shape index (κ1) is 15.1. The monoisotopic (exact) mass is 256 g/mol. The van der Waals surface area contributed by atoms with Gasteiger partial charge in [-0.1, -0.05) is 6.08 Å². The normalized spacial score (nSPS) is 16.4. The zero-order valence-electron chi connectivity index (χ0n) is 11.0. The van der Waals surface area contributed by atoms with Crippen LogP contribution in [0.3, 0.4) is 0 Å². The Hall–Kier alpha value is -0.910. The first-order chi connectivity index (χ1) is 8.83. The van der Waals surface area contributed by atoms with Gasteiger partial charge in [0.15, 0.2) is 0 Å². The summed E-state index contributed by atoms with van der Waals surface area (Å²) in [5.74, 6) is -0.0687. The van der Waals surface area contributed by atoms with Crippen LogP contribution in [-0.2, 0) is 14.3 Å². The number of piperidine rings is 1. The number of hydrogen-bond donors (Lipinski definition) is 2. The van der Waals surface area contributed by atoms with Gasteiger partial charge in [-0.3, -0.25) is 4.79 Å². The van der Waals surface area contributed by atoms with Crippen LogP contribution in [0.5, 0.6) is 0 Å². The molecule has 0 aromatic heterocycles. The Morgan fingerprint density at radius 3 is 2.89 bits per heavy atom. The van der Waals surface area contributed by atoms with Gasteiger partial charge in [0.25, 0.3) is 0 Å². The third kappa shape index (κ3) is 7.42. The van der Waals surface area contributed by atoms with Gasteiger partial charge in [0.05, 0.1) is 19.3 Å². The van der Waals surface area contributed by atoms with Crippen LogP contribution in [-0.4, -0.2) is 51.5 Å². The van der Waals surface area contributed by atoms with Gasteiger partial charge in [-0.25, -0.2) is 0 Å². The molecule has 1 aliphatic heterocycles. The lowest BCUT2D eigenvalue weighted by Crippen LogP contribution is -2.36. The van der Waals surface area contributed by atoms with Crippen LogP contribution in [0.4, 0.5) is 0 Å². The van der Waals surface area contributed by atoms with E-state index >= 15 is 0 Å². The molecule has 0 radical (unpaired) electrons. The van der Waals surface area contributed by atoms with Crippen molar-refractivity contribution < 1.29 is 14.3 Å². The van der Waals surface area contributed by atoms with E-state index in [1.165, 1.54) is 0 Å². The van der Waals surface area contributed by atoms with E-state index in [9.17, 15) is 4.79 Å². The standard InChI is InChI=1S/C13H24N2O3/c1-2-3-9-17-10-8-15-13(16)11-18-12-4-6-14-7-5-12/h2,12,14H,1,3-11H2,(H,15,16). The minimum absolute atomic E-state index is 0.0687. The number of ether oxygens (including phenoxy) is 2. The van der Waals surface area contributed by atoms with Crippen molar-refractivity contribution in [2.75, 3.05) is 39.5 Å². The van der Waals surface area contributed by atoms with Gasteiger partial charge in [0.1, 0.15) is 6.61 Å². The summed E-state index contributed by atoms with van der Waals surface area (Å²) in [5.41, 5.74) is 0. The fourth-order valence-electron chi connectivity index (χ4n) is 1.74. The molecule has 0 aliphatic carbocycles. The summed E-state index contributed by atoms with van der Waals surface area (Å²) in [7, 11) is 0. The van der Waals surface area contributed by atoms with Crippen LogP contribution in [0.2, 0.25) is 0 Å². The van der Waals surface area contributed by atoms with Crippen LogP contribution in [0.1, 0.15) is 19.3 Å². The lowest BCUT2D eigenvalue weighted by atomic mass is 10.1. The van der Waals surface area contributed by atoms with Crippen LogP contribution in [0.15, 0.2) is 12.7 Å². The zero-order chi connectivity index (χ0) is 13.1. The predicted octanol–water partition coefficient (Wildman–Crippen LogP) is 0.464. The van der Waals surface area contributed by atoms with Crippen LogP contribution < -0.4 is 10.6 Å². The quantitative estimate of drug-likeness (QED) is 0.465. The number of amides is 1. The van der Waals surface area contributed by atoms with E-state index in [4.69, 9.17) is 9.47 Å². The molecule has 1 aliphatic rings. The predicted molar refractivity (Wildman–Crippen MR) is 70.5 cm³/mol. The van der Waals surface area contributed by atoms with E-state index in [1.54, 1.807) is 0 Å². The summed E-state index contributed by atoms with van der Waals surface area (Å²) in [4.78, 5) is 11.5. The molecule has 0 atom stereocenters. The molecule has 0 aromatic carbocycles. The maximum Gasteiger partial charge on any atom is 0.246 e. The van der Waals surface area contributed by atoms with Crippen molar-refractivity contribution in [3.05, 3.63) is 12.7 Å². The van der Waals surface area contributed by atoms with E-state index in [-0.39, 0.29) is 18.6 Å². The van der Waals surface area contributed by atoms with Gasteiger partial charge in [-0.05, 0) is 32.4 Å². The van der Waals surface area contributed by atoms with Gasteiger partial charge < -0.3 is 20.1 Å². The Kier molecular flexibility index (Phi) is 8.46. The SMILES string of the molecule is C=CCCOCCNC(=O)COC1CCNCC1. The largest absolute Gasteiger partial charge is 0.379 e. The fraction of sp³-hybridized carbons (Fsp3) is 0.769. The summed E-state index contributed by atoms with van der Waals surface area (Å²) in [6, 6.07) is 0. The van der Waals surface area contributed by atoms with Crippen LogP contribution in [0, 0.1) is 0 Å². The lowest BCUT2D eigenvalue weighted by Gasteiger charge is -2.22. The number of hydrogen-bond acceptors (Lipinski definition) is 4. The fourth-order valence-corrected chi connectivity index (χ4v) is 1.74. The Bertz CT molecular complexity index is 240. The molecule has 5 heteroatoms. The van der Waals surface area contributed by atoms with Gasteiger partial charge >= 0.3 is 0 Å². The zero-order valence-corrected chi connectivity index (χ0v) is 11.0. The Balaban J connectivity index is 1.91. The minimum Gasteiger partial charge on any atom is -0.379 e. The van der Waals surface area contributed by atoms with Crippen molar-refractivity contribution in [2.45, 2.75) is 25.4 Å². The van der Waals surface area contributed by atoms with E-state index in [1.807, 2.05) is 6.08 Å². The molecule has 5 nitrogen and oxygen atoms in total. The Morgan fingerprint density at radius 1 is 1.39 bits per heavy atom. The smallest absolute Gasteiger partial charge is 0.246 e. The van der Waals surface area contributed by atoms with Crippen molar-refractivity contribution in [2.24, 2.45) is 0 Å². The molecular formula is C13H24N2O3. The van der Waals surface area contributed by atoms with Gasteiger partial charge in [-0.15, -0.1) is 6.58 Å². The van der Waals surface area contributed by atoms with Crippen molar-refractivity contribution in [1.29, 1.82) is 0 Å². The molecule has 1 rings (SSSR count). The van der Waals surface area contributed by atoms with E-state index in [0.29, 0.717) is 19.8 Å². The maximum atomic E-state index is 11.5. The summed E-state index contributed by atoms with van der Waals surface area (Å²) < 4.78 is 10.8. The second-order valence-corrected chi connectivity index (χ2v) is 4.30. The van der Waals surface area contributed by atoms with Crippen molar-refractivity contribution in [3.8, 4) is 0 Å². The second kappa shape index (κ2) is 10.1. The topological polar surface area (TPSA) is 59.6 Å². The second-order valence-electron chi connectivity index (χ2n) is 4.30. The molecule has 0 bridgehead atoms. The highest BCUT2D eigenvalue weighted by molar-refractivity contribution is 5.77. The lowest BCUT2D eigenvalue weighted by molar-refractivity contribution is -0.128. The first-order valence-electron chi connectivity index (χ1n) is 6.60. The minimum atomic E-state index is -0.0687.